The van der Waals surface area contributed by atoms with Gasteiger partial charge in [0.25, 0.3) is 0 Å². The van der Waals surface area contributed by atoms with Crippen LogP contribution in [0.15, 0.2) is 5.38 Å². The molecular weight excluding hydrogens is 254 g/mol. The minimum Gasteiger partial charge on any atom is -0.329 e. The molecule has 0 bridgehead atoms. The molecule has 4 heteroatoms. The summed E-state index contributed by atoms with van der Waals surface area (Å²) < 4.78 is 0. The Kier molecular flexibility index (Phi) is 4.98. The van der Waals surface area contributed by atoms with E-state index >= 15 is 0 Å². The molecule has 2 unspecified atom stereocenters. The van der Waals surface area contributed by atoms with Crippen molar-refractivity contribution in [2.75, 3.05) is 13.6 Å². The van der Waals surface area contributed by atoms with Crippen LogP contribution < -0.4 is 5.73 Å². The van der Waals surface area contributed by atoms with Crippen LogP contribution >= 0.6 is 11.3 Å². The second kappa shape index (κ2) is 6.33. The van der Waals surface area contributed by atoms with Gasteiger partial charge in [0.15, 0.2) is 0 Å². The Morgan fingerprint density at radius 3 is 2.89 bits per heavy atom. The zero-order valence-electron chi connectivity index (χ0n) is 12.5. The summed E-state index contributed by atoms with van der Waals surface area (Å²) in [5, 5.41) is 3.33. The number of aromatic nitrogens is 1. The van der Waals surface area contributed by atoms with Gasteiger partial charge in [0.1, 0.15) is 0 Å². The first-order valence-electron chi connectivity index (χ1n) is 7.38. The van der Waals surface area contributed by atoms with Gasteiger partial charge in [-0.3, -0.25) is 4.90 Å². The van der Waals surface area contributed by atoms with Gasteiger partial charge in [-0.05, 0) is 39.2 Å². The molecule has 0 saturated heterocycles. The molecule has 0 aromatic carbocycles. The largest absolute Gasteiger partial charge is 0.329 e. The molecule has 1 aromatic heterocycles. The fraction of sp³-hybridized carbons (Fsp3) is 0.800. The van der Waals surface area contributed by atoms with E-state index in [1.807, 2.05) is 0 Å². The lowest BCUT2D eigenvalue weighted by Gasteiger charge is -2.40. The van der Waals surface area contributed by atoms with E-state index in [1.54, 1.807) is 11.3 Å². The fourth-order valence-corrected chi connectivity index (χ4v) is 3.80. The first-order chi connectivity index (χ1) is 9.05. The highest BCUT2D eigenvalue weighted by Gasteiger charge is 2.35. The molecule has 3 nitrogen and oxygen atoms in total. The fourth-order valence-electron chi connectivity index (χ4n) is 3.20. The van der Waals surface area contributed by atoms with E-state index in [2.05, 4.69) is 36.2 Å². The quantitative estimate of drug-likeness (QED) is 0.862. The number of thiazole rings is 1. The van der Waals surface area contributed by atoms with E-state index in [1.165, 1.54) is 37.8 Å². The Bertz CT molecular complexity index is 404. The third-order valence-corrected chi connectivity index (χ3v) is 5.52. The summed E-state index contributed by atoms with van der Waals surface area (Å²) in [7, 11) is 2.22. The highest BCUT2D eigenvalue weighted by molar-refractivity contribution is 7.09. The number of nitrogens with zero attached hydrogens (tertiary/aromatic N) is 2. The maximum atomic E-state index is 6.15. The van der Waals surface area contributed by atoms with Crippen LogP contribution in [0.3, 0.4) is 0 Å². The van der Waals surface area contributed by atoms with Gasteiger partial charge in [-0.25, -0.2) is 4.98 Å². The SMILES string of the molecule is Cc1nc(CN(C)C2(CN)CCCC(C)CC2)cs1. The lowest BCUT2D eigenvalue weighted by molar-refractivity contribution is 0.0975. The molecule has 0 radical (unpaired) electrons. The van der Waals surface area contributed by atoms with Gasteiger partial charge >= 0.3 is 0 Å². The van der Waals surface area contributed by atoms with Crippen LogP contribution in [-0.2, 0) is 6.54 Å². The Balaban J connectivity index is 2.06. The van der Waals surface area contributed by atoms with Crippen molar-refractivity contribution in [3.8, 4) is 0 Å². The van der Waals surface area contributed by atoms with Crippen molar-refractivity contribution >= 4 is 11.3 Å². The third kappa shape index (κ3) is 3.56. The van der Waals surface area contributed by atoms with E-state index in [9.17, 15) is 0 Å². The Morgan fingerprint density at radius 1 is 1.47 bits per heavy atom. The number of aryl methyl sites for hydroxylation is 1. The zero-order chi connectivity index (χ0) is 13.9. The van der Waals surface area contributed by atoms with E-state index in [0.29, 0.717) is 0 Å². The van der Waals surface area contributed by atoms with Crippen LogP contribution in [0, 0.1) is 12.8 Å². The van der Waals surface area contributed by atoms with Gasteiger partial charge in [-0.2, -0.15) is 0 Å². The summed E-state index contributed by atoms with van der Waals surface area (Å²) in [6.45, 7) is 6.13. The highest BCUT2D eigenvalue weighted by Crippen LogP contribution is 2.34. The molecule has 1 heterocycles. The average molecular weight is 281 g/mol. The summed E-state index contributed by atoms with van der Waals surface area (Å²) in [6.07, 6.45) is 6.42. The molecule has 0 amide bonds. The number of likely N-dealkylation sites (N-methyl/N-ethyl adjacent to an activating group) is 1. The molecule has 19 heavy (non-hydrogen) atoms. The molecule has 1 aromatic rings. The average Bonchev–Trinajstić information content (AvgIpc) is 2.68. The summed E-state index contributed by atoms with van der Waals surface area (Å²) in [5.74, 6) is 0.850. The van der Waals surface area contributed by atoms with Crippen molar-refractivity contribution in [3.05, 3.63) is 16.1 Å². The number of hydrogen-bond acceptors (Lipinski definition) is 4. The van der Waals surface area contributed by atoms with Gasteiger partial charge < -0.3 is 5.73 Å². The first-order valence-corrected chi connectivity index (χ1v) is 8.26. The van der Waals surface area contributed by atoms with Crippen molar-refractivity contribution in [2.24, 2.45) is 11.7 Å². The smallest absolute Gasteiger partial charge is 0.0897 e. The van der Waals surface area contributed by atoms with Crippen LogP contribution in [-0.4, -0.2) is 29.0 Å². The second-order valence-electron chi connectivity index (χ2n) is 6.18. The Labute approximate surface area is 121 Å². The topological polar surface area (TPSA) is 42.2 Å². The van der Waals surface area contributed by atoms with Crippen LogP contribution in [0.25, 0.3) is 0 Å². The lowest BCUT2D eigenvalue weighted by Crippen LogP contribution is -2.51. The van der Waals surface area contributed by atoms with Crippen LogP contribution in [0.2, 0.25) is 0 Å². The van der Waals surface area contributed by atoms with Crippen LogP contribution in [0.4, 0.5) is 0 Å². The predicted molar refractivity (Wildman–Crippen MR) is 82.4 cm³/mol. The van der Waals surface area contributed by atoms with Gasteiger partial charge in [0.2, 0.25) is 0 Å². The summed E-state index contributed by atoms with van der Waals surface area (Å²) >= 11 is 1.74. The van der Waals surface area contributed by atoms with E-state index < -0.39 is 0 Å². The van der Waals surface area contributed by atoms with E-state index in [0.717, 1.165) is 24.0 Å². The van der Waals surface area contributed by atoms with Crippen molar-refractivity contribution < 1.29 is 0 Å². The minimum atomic E-state index is 0.183. The van der Waals surface area contributed by atoms with Crippen LogP contribution in [0.1, 0.15) is 49.7 Å². The highest BCUT2D eigenvalue weighted by atomic mass is 32.1. The molecule has 1 fully saturated rings. The summed E-state index contributed by atoms with van der Waals surface area (Å²) in [5.41, 5.74) is 7.53. The third-order valence-electron chi connectivity index (χ3n) is 4.70. The van der Waals surface area contributed by atoms with Gasteiger partial charge in [0.05, 0.1) is 10.7 Å². The standard InChI is InChI=1S/C15H27N3S/c1-12-5-4-7-15(11-16,8-6-12)18(3)9-14-10-19-13(2)17-14/h10,12H,4-9,11,16H2,1-3H3. The molecule has 1 aliphatic carbocycles. The van der Waals surface area contributed by atoms with Crippen molar-refractivity contribution in [1.29, 1.82) is 0 Å². The maximum Gasteiger partial charge on any atom is 0.0897 e. The lowest BCUT2D eigenvalue weighted by atomic mass is 9.88. The monoisotopic (exact) mass is 281 g/mol. The predicted octanol–water partition coefficient (Wildman–Crippen LogP) is 3.18. The number of rotatable bonds is 4. The first kappa shape index (κ1) is 14.9. The van der Waals surface area contributed by atoms with E-state index in [4.69, 9.17) is 5.73 Å². The number of hydrogen-bond donors (Lipinski definition) is 1. The van der Waals surface area contributed by atoms with Gasteiger partial charge in [0, 0.05) is 24.0 Å². The van der Waals surface area contributed by atoms with Crippen molar-refractivity contribution in [2.45, 2.75) is 58.0 Å². The Hall–Kier alpha value is -0.450. The molecule has 0 aliphatic heterocycles. The Morgan fingerprint density at radius 2 is 2.26 bits per heavy atom. The van der Waals surface area contributed by atoms with Gasteiger partial charge in [-0.1, -0.05) is 19.8 Å². The minimum absolute atomic E-state index is 0.183. The molecule has 2 atom stereocenters. The molecule has 108 valence electrons. The van der Waals surface area contributed by atoms with Gasteiger partial charge in [-0.15, -0.1) is 11.3 Å². The molecule has 1 saturated carbocycles. The van der Waals surface area contributed by atoms with E-state index in [-0.39, 0.29) is 5.54 Å². The molecule has 0 spiro atoms. The molecule has 2 N–H and O–H groups in total. The second-order valence-corrected chi connectivity index (χ2v) is 7.24. The summed E-state index contributed by atoms with van der Waals surface area (Å²) in [4.78, 5) is 7.04. The maximum absolute atomic E-state index is 6.15. The summed E-state index contributed by atoms with van der Waals surface area (Å²) in [6, 6.07) is 0. The number of nitrogens with two attached hydrogens (primary N) is 1. The van der Waals surface area contributed by atoms with Crippen LogP contribution in [0.5, 0.6) is 0 Å². The normalized spacial score (nSPS) is 28.6. The van der Waals surface area contributed by atoms with Crippen molar-refractivity contribution in [1.82, 2.24) is 9.88 Å². The molecular formula is C15H27N3S. The van der Waals surface area contributed by atoms with Crippen molar-refractivity contribution in [3.63, 3.8) is 0 Å². The zero-order valence-corrected chi connectivity index (χ0v) is 13.3. The molecule has 2 rings (SSSR count). The molecule has 1 aliphatic rings.